The van der Waals surface area contributed by atoms with Crippen LogP contribution in [0.4, 0.5) is 0 Å². The van der Waals surface area contributed by atoms with Crippen molar-refractivity contribution in [3.63, 3.8) is 0 Å². The average molecular weight is 304 g/mol. The Morgan fingerprint density at radius 3 is 2.79 bits per heavy atom. The molecule has 8 heteroatoms. The van der Waals surface area contributed by atoms with Crippen molar-refractivity contribution < 1.29 is 18.3 Å². The van der Waals surface area contributed by atoms with E-state index in [0.29, 0.717) is 24.4 Å². The van der Waals surface area contributed by atoms with E-state index < -0.39 is 28.0 Å². The number of aliphatic carboxylic acids is 1. The quantitative estimate of drug-likeness (QED) is 0.910. The minimum atomic E-state index is -3.63. The van der Waals surface area contributed by atoms with Crippen molar-refractivity contribution >= 4 is 27.3 Å². The summed E-state index contributed by atoms with van der Waals surface area (Å²) >= 11 is 1.11. The molecule has 1 saturated heterocycles. The predicted molar refractivity (Wildman–Crippen MR) is 70.6 cm³/mol. The molecule has 1 aliphatic heterocycles. The van der Waals surface area contributed by atoms with E-state index in [1.165, 1.54) is 10.5 Å². The van der Waals surface area contributed by atoms with E-state index >= 15 is 0 Å². The van der Waals surface area contributed by atoms with E-state index in [9.17, 15) is 13.2 Å². The normalized spacial score (nSPS) is 25.4. The van der Waals surface area contributed by atoms with Gasteiger partial charge in [0.1, 0.15) is 0 Å². The summed E-state index contributed by atoms with van der Waals surface area (Å²) in [4.78, 5) is 15.1. The van der Waals surface area contributed by atoms with Crippen LogP contribution in [-0.2, 0) is 14.8 Å². The van der Waals surface area contributed by atoms with Gasteiger partial charge in [0.25, 0.3) is 10.0 Å². The Morgan fingerprint density at radius 2 is 2.26 bits per heavy atom. The molecule has 1 aromatic heterocycles. The third-order valence-electron chi connectivity index (χ3n) is 3.41. The summed E-state index contributed by atoms with van der Waals surface area (Å²) in [5.41, 5.74) is 0. The predicted octanol–water partition coefficient (Wildman–Crippen LogP) is 1.33. The topological polar surface area (TPSA) is 87.6 Å². The van der Waals surface area contributed by atoms with Crippen LogP contribution in [0.15, 0.2) is 10.4 Å². The third kappa shape index (κ3) is 2.65. The summed E-state index contributed by atoms with van der Waals surface area (Å²) in [6.45, 7) is 3.76. The number of carbonyl (C=O) groups is 1. The highest BCUT2D eigenvalue weighted by molar-refractivity contribution is 7.91. The Balaban J connectivity index is 2.32. The standard InChI is InChI=1S/C11H16N2O4S2/c1-7-9(11(14)15)4-3-5-13(7)19(16,17)10-6-12-8(2)18-10/h6-7,9H,3-5H2,1-2H3,(H,14,15)/t7-,9-/m1/s1. The van der Waals surface area contributed by atoms with Crippen molar-refractivity contribution in [3.05, 3.63) is 11.2 Å². The second-order valence-electron chi connectivity index (χ2n) is 4.64. The van der Waals surface area contributed by atoms with Crippen LogP contribution >= 0.6 is 11.3 Å². The number of carboxylic acids is 1. The number of hydrogen-bond donors (Lipinski definition) is 1. The summed E-state index contributed by atoms with van der Waals surface area (Å²) in [7, 11) is -3.63. The monoisotopic (exact) mass is 304 g/mol. The van der Waals surface area contributed by atoms with E-state index in [1.807, 2.05) is 0 Å². The highest BCUT2D eigenvalue weighted by Crippen LogP contribution is 2.31. The van der Waals surface area contributed by atoms with Gasteiger partial charge >= 0.3 is 5.97 Å². The lowest BCUT2D eigenvalue weighted by molar-refractivity contribution is -0.144. The van der Waals surface area contributed by atoms with Crippen molar-refractivity contribution in [3.8, 4) is 0 Å². The fourth-order valence-electron chi connectivity index (χ4n) is 2.36. The van der Waals surface area contributed by atoms with Gasteiger partial charge in [0.2, 0.25) is 0 Å². The molecular weight excluding hydrogens is 288 g/mol. The molecule has 0 unspecified atom stereocenters. The van der Waals surface area contributed by atoms with Crippen molar-refractivity contribution in [2.45, 2.75) is 36.9 Å². The highest BCUT2D eigenvalue weighted by atomic mass is 32.2. The molecular formula is C11H16N2O4S2. The van der Waals surface area contributed by atoms with Gasteiger partial charge in [0, 0.05) is 12.6 Å². The van der Waals surface area contributed by atoms with Crippen LogP contribution < -0.4 is 0 Å². The summed E-state index contributed by atoms with van der Waals surface area (Å²) < 4.78 is 26.4. The van der Waals surface area contributed by atoms with Crippen LogP contribution in [0.2, 0.25) is 0 Å². The maximum atomic E-state index is 12.5. The summed E-state index contributed by atoms with van der Waals surface area (Å²) in [6, 6.07) is -0.529. The molecule has 2 atom stereocenters. The van der Waals surface area contributed by atoms with Crippen LogP contribution in [0.5, 0.6) is 0 Å². The molecule has 106 valence electrons. The number of nitrogens with zero attached hydrogens (tertiary/aromatic N) is 2. The molecule has 0 amide bonds. The Bertz CT molecular complexity index is 581. The van der Waals surface area contributed by atoms with Crippen molar-refractivity contribution in [2.75, 3.05) is 6.54 Å². The number of thiazole rings is 1. The van der Waals surface area contributed by atoms with E-state index in [4.69, 9.17) is 5.11 Å². The van der Waals surface area contributed by atoms with Crippen LogP contribution in [-0.4, -0.2) is 41.4 Å². The lowest BCUT2D eigenvalue weighted by Crippen LogP contribution is -2.48. The molecule has 2 heterocycles. The van der Waals surface area contributed by atoms with Gasteiger partial charge in [-0.1, -0.05) is 0 Å². The van der Waals surface area contributed by atoms with Gasteiger partial charge in [-0.25, -0.2) is 13.4 Å². The number of hydrogen-bond acceptors (Lipinski definition) is 5. The van der Waals surface area contributed by atoms with E-state index in [-0.39, 0.29) is 4.21 Å². The Morgan fingerprint density at radius 1 is 1.58 bits per heavy atom. The molecule has 6 nitrogen and oxygen atoms in total. The lowest BCUT2D eigenvalue weighted by atomic mass is 9.92. The van der Waals surface area contributed by atoms with Gasteiger partial charge in [-0.05, 0) is 26.7 Å². The van der Waals surface area contributed by atoms with E-state index in [0.717, 1.165) is 11.3 Å². The minimum absolute atomic E-state index is 0.183. The number of carboxylic acid groups (broad SMARTS) is 1. The average Bonchev–Trinajstić information content (AvgIpc) is 2.76. The molecule has 1 N–H and O–H groups in total. The minimum Gasteiger partial charge on any atom is -0.481 e. The zero-order valence-electron chi connectivity index (χ0n) is 10.7. The zero-order valence-corrected chi connectivity index (χ0v) is 12.4. The molecule has 2 rings (SSSR count). The fraction of sp³-hybridized carbons (Fsp3) is 0.636. The van der Waals surface area contributed by atoms with Crippen LogP contribution in [0.25, 0.3) is 0 Å². The molecule has 0 spiro atoms. The first kappa shape index (κ1) is 14.4. The molecule has 1 aromatic rings. The largest absolute Gasteiger partial charge is 0.481 e. The number of aryl methyl sites for hydroxylation is 1. The van der Waals surface area contributed by atoms with Gasteiger partial charge in [-0.3, -0.25) is 4.79 Å². The first-order valence-corrected chi connectivity index (χ1v) is 8.27. The summed E-state index contributed by atoms with van der Waals surface area (Å²) in [5.74, 6) is -1.58. The molecule has 0 saturated carbocycles. The van der Waals surface area contributed by atoms with Crippen LogP contribution in [0.1, 0.15) is 24.8 Å². The Hall–Kier alpha value is -0.990. The zero-order chi connectivity index (χ0) is 14.2. The first-order chi connectivity index (χ1) is 8.84. The molecule has 1 fully saturated rings. The van der Waals surface area contributed by atoms with Crippen molar-refractivity contribution in [1.82, 2.24) is 9.29 Å². The van der Waals surface area contributed by atoms with Gasteiger partial charge in [0.05, 0.1) is 17.1 Å². The van der Waals surface area contributed by atoms with Crippen molar-refractivity contribution in [2.24, 2.45) is 5.92 Å². The first-order valence-electron chi connectivity index (χ1n) is 6.01. The second kappa shape index (κ2) is 5.18. The number of rotatable bonds is 3. The summed E-state index contributed by atoms with van der Waals surface area (Å²) in [6.07, 6.45) is 2.43. The number of piperidine rings is 1. The highest BCUT2D eigenvalue weighted by Gasteiger charge is 2.40. The molecule has 0 aliphatic carbocycles. The van der Waals surface area contributed by atoms with Crippen molar-refractivity contribution in [1.29, 1.82) is 0 Å². The van der Waals surface area contributed by atoms with E-state index in [1.54, 1.807) is 13.8 Å². The van der Waals surface area contributed by atoms with Crippen LogP contribution in [0.3, 0.4) is 0 Å². The maximum absolute atomic E-state index is 12.5. The SMILES string of the molecule is Cc1ncc(S(=O)(=O)N2CCC[C@@H](C(=O)O)[C@H]2C)s1. The number of aromatic nitrogens is 1. The molecule has 0 radical (unpaired) electrons. The van der Waals surface area contributed by atoms with E-state index in [2.05, 4.69) is 4.98 Å². The van der Waals surface area contributed by atoms with Gasteiger partial charge in [-0.15, -0.1) is 11.3 Å². The Labute approximate surface area is 116 Å². The van der Waals surface area contributed by atoms with Gasteiger partial charge < -0.3 is 5.11 Å². The smallest absolute Gasteiger partial charge is 0.308 e. The third-order valence-corrected chi connectivity index (χ3v) is 6.75. The van der Waals surface area contributed by atoms with Crippen LogP contribution in [0, 0.1) is 12.8 Å². The second-order valence-corrected chi connectivity index (χ2v) is 7.99. The molecule has 19 heavy (non-hydrogen) atoms. The molecule has 1 aliphatic rings. The maximum Gasteiger partial charge on any atom is 0.308 e. The lowest BCUT2D eigenvalue weighted by Gasteiger charge is -2.35. The molecule has 0 aromatic carbocycles. The summed E-state index contributed by atoms with van der Waals surface area (Å²) in [5, 5.41) is 9.81. The number of sulfonamides is 1. The Kier molecular flexibility index (Phi) is 3.93. The van der Waals surface area contributed by atoms with Gasteiger partial charge in [-0.2, -0.15) is 4.31 Å². The van der Waals surface area contributed by atoms with Gasteiger partial charge in [0.15, 0.2) is 4.21 Å². The fourth-order valence-corrected chi connectivity index (χ4v) is 5.30. The molecule has 0 bridgehead atoms.